The van der Waals surface area contributed by atoms with E-state index in [-0.39, 0.29) is 0 Å². The lowest BCUT2D eigenvalue weighted by atomic mass is 10.4. The predicted octanol–water partition coefficient (Wildman–Crippen LogP) is 3.47. The van der Waals surface area contributed by atoms with E-state index in [1.165, 1.54) is 0 Å². The Morgan fingerprint density at radius 1 is 1.07 bits per heavy atom. The molecule has 1 aromatic heterocycles. The van der Waals surface area contributed by atoms with Crippen LogP contribution in [0.1, 0.15) is 0 Å². The number of nitrogen functional groups attached to an aromatic ring is 1. The molecule has 2 aromatic rings. The van der Waals surface area contributed by atoms with E-state index in [1.54, 1.807) is 17.8 Å². The molecule has 15 heavy (non-hydrogen) atoms. The van der Waals surface area contributed by atoms with Crippen molar-refractivity contribution in [3.05, 3.63) is 47.5 Å². The third-order valence-electron chi connectivity index (χ3n) is 1.78. The van der Waals surface area contributed by atoms with Gasteiger partial charge in [-0.2, -0.15) is 0 Å². The molecule has 1 aromatic carbocycles. The fraction of sp³-hybridized carbons (Fsp3) is 0. The Morgan fingerprint density at radius 2 is 1.80 bits per heavy atom. The van der Waals surface area contributed by atoms with E-state index in [2.05, 4.69) is 4.98 Å². The average molecular weight is 237 g/mol. The van der Waals surface area contributed by atoms with Crippen LogP contribution in [0, 0.1) is 0 Å². The molecular formula is C11H9ClN2S. The van der Waals surface area contributed by atoms with Gasteiger partial charge in [-0.25, -0.2) is 4.98 Å². The molecule has 0 bridgehead atoms. The van der Waals surface area contributed by atoms with E-state index in [0.29, 0.717) is 5.82 Å². The van der Waals surface area contributed by atoms with Gasteiger partial charge in [-0.15, -0.1) is 0 Å². The van der Waals surface area contributed by atoms with Crippen LogP contribution in [-0.4, -0.2) is 4.98 Å². The fourth-order valence-electron chi connectivity index (χ4n) is 1.11. The third kappa shape index (κ3) is 2.88. The van der Waals surface area contributed by atoms with Crippen LogP contribution in [0.4, 0.5) is 5.82 Å². The van der Waals surface area contributed by atoms with Crippen LogP contribution in [0.3, 0.4) is 0 Å². The summed E-state index contributed by atoms with van der Waals surface area (Å²) in [5, 5.41) is 1.62. The summed E-state index contributed by atoms with van der Waals surface area (Å²) in [5.41, 5.74) is 5.59. The molecule has 0 saturated carbocycles. The van der Waals surface area contributed by atoms with Crippen LogP contribution >= 0.6 is 23.4 Å². The van der Waals surface area contributed by atoms with Crippen molar-refractivity contribution in [2.75, 3.05) is 5.73 Å². The minimum atomic E-state index is 0.536. The zero-order valence-corrected chi connectivity index (χ0v) is 9.42. The summed E-state index contributed by atoms with van der Waals surface area (Å²) in [4.78, 5) is 5.29. The van der Waals surface area contributed by atoms with E-state index in [9.17, 15) is 0 Å². The first-order valence-electron chi connectivity index (χ1n) is 4.40. The number of nitrogens with zero attached hydrogens (tertiary/aromatic N) is 1. The first-order valence-corrected chi connectivity index (χ1v) is 5.59. The molecule has 0 unspecified atom stereocenters. The van der Waals surface area contributed by atoms with Crippen molar-refractivity contribution in [1.29, 1.82) is 0 Å². The minimum absolute atomic E-state index is 0.536. The van der Waals surface area contributed by atoms with Crippen molar-refractivity contribution in [2.24, 2.45) is 0 Å². The number of aromatic nitrogens is 1. The average Bonchev–Trinajstić information content (AvgIpc) is 2.22. The van der Waals surface area contributed by atoms with Crippen LogP contribution < -0.4 is 5.73 Å². The van der Waals surface area contributed by atoms with Crippen molar-refractivity contribution in [3.63, 3.8) is 0 Å². The topological polar surface area (TPSA) is 38.9 Å². The standard InChI is InChI=1S/C11H9ClN2S/c12-8-4-6-9(7-5-8)15-11-3-1-2-10(13)14-11/h1-7H,(H2,13,14). The monoisotopic (exact) mass is 236 g/mol. The lowest BCUT2D eigenvalue weighted by molar-refractivity contribution is 1.14. The first kappa shape index (κ1) is 10.3. The van der Waals surface area contributed by atoms with E-state index in [4.69, 9.17) is 17.3 Å². The molecule has 2 rings (SSSR count). The maximum atomic E-state index is 5.79. The van der Waals surface area contributed by atoms with Crippen LogP contribution in [0.5, 0.6) is 0 Å². The summed E-state index contributed by atoms with van der Waals surface area (Å²) in [6.45, 7) is 0. The van der Waals surface area contributed by atoms with Crippen molar-refractivity contribution < 1.29 is 0 Å². The highest BCUT2D eigenvalue weighted by atomic mass is 35.5. The van der Waals surface area contributed by atoms with Crippen molar-refractivity contribution >= 4 is 29.2 Å². The van der Waals surface area contributed by atoms with Gasteiger partial charge in [0, 0.05) is 9.92 Å². The van der Waals surface area contributed by atoms with Gasteiger partial charge in [0.25, 0.3) is 0 Å². The maximum absolute atomic E-state index is 5.79. The van der Waals surface area contributed by atoms with Crippen LogP contribution in [0.15, 0.2) is 52.4 Å². The molecule has 0 radical (unpaired) electrons. The van der Waals surface area contributed by atoms with Gasteiger partial charge < -0.3 is 5.73 Å². The lowest BCUT2D eigenvalue weighted by Crippen LogP contribution is -1.89. The number of benzene rings is 1. The van der Waals surface area contributed by atoms with Crippen molar-refractivity contribution in [3.8, 4) is 0 Å². The Balaban J connectivity index is 2.18. The van der Waals surface area contributed by atoms with Gasteiger partial charge in [-0.3, -0.25) is 0 Å². The lowest BCUT2D eigenvalue weighted by Gasteiger charge is -2.01. The first-order chi connectivity index (χ1) is 7.24. The molecule has 0 spiro atoms. The van der Waals surface area contributed by atoms with Gasteiger partial charge in [0.15, 0.2) is 0 Å². The maximum Gasteiger partial charge on any atom is 0.124 e. The Hall–Kier alpha value is -1.19. The van der Waals surface area contributed by atoms with Crippen molar-refractivity contribution in [2.45, 2.75) is 9.92 Å². The highest BCUT2D eigenvalue weighted by molar-refractivity contribution is 7.99. The number of nitrogens with two attached hydrogens (primary N) is 1. The second-order valence-electron chi connectivity index (χ2n) is 2.96. The summed E-state index contributed by atoms with van der Waals surface area (Å²) in [5.74, 6) is 0.536. The Bertz CT molecular complexity index is 456. The second kappa shape index (κ2) is 4.55. The smallest absolute Gasteiger partial charge is 0.124 e. The van der Waals surface area contributed by atoms with E-state index in [1.807, 2.05) is 36.4 Å². The van der Waals surface area contributed by atoms with E-state index in [0.717, 1.165) is 14.9 Å². The number of hydrogen-bond donors (Lipinski definition) is 1. The predicted molar refractivity (Wildman–Crippen MR) is 64.2 cm³/mol. The molecule has 2 N–H and O–H groups in total. The SMILES string of the molecule is Nc1cccc(Sc2ccc(Cl)cc2)n1. The van der Waals surface area contributed by atoms with Gasteiger partial charge in [-0.05, 0) is 36.4 Å². The number of hydrogen-bond acceptors (Lipinski definition) is 3. The van der Waals surface area contributed by atoms with Gasteiger partial charge in [0.05, 0.1) is 0 Å². The van der Waals surface area contributed by atoms with E-state index >= 15 is 0 Å². The molecule has 4 heteroatoms. The highest BCUT2D eigenvalue weighted by Crippen LogP contribution is 2.27. The highest BCUT2D eigenvalue weighted by Gasteiger charge is 1.98. The Morgan fingerprint density at radius 3 is 2.47 bits per heavy atom. The Labute approximate surface area is 97.5 Å². The van der Waals surface area contributed by atoms with Crippen molar-refractivity contribution in [1.82, 2.24) is 4.98 Å². The molecular weight excluding hydrogens is 228 g/mol. The summed E-state index contributed by atoms with van der Waals surface area (Å²) < 4.78 is 0. The third-order valence-corrected chi connectivity index (χ3v) is 2.98. The van der Waals surface area contributed by atoms with Gasteiger partial charge in [0.1, 0.15) is 10.8 Å². The van der Waals surface area contributed by atoms with Crippen LogP contribution in [-0.2, 0) is 0 Å². The second-order valence-corrected chi connectivity index (χ2v) is 4.49. The largest absolute Gasteiger partial charge is 0.384 e. The number of anilines is 1. The number of halogens is 1. The molecule has 0 saturated heterocycles. The Kier molecular flexibility index (Phi) is 3.14. The quantitative estimate of drug-likeness (QED) is 0.868. The molecule has 0 atom stereocenters. The van der Waals surface area contributed by atoms with E-state index < -0.39 is 0 Å². The van der Waals surface area contributed by atoms with Gasteiger partial charge >= 0.3 is 0 Å². The normalized spacial score (nSPS) is 10.2. The van der Waals surface area contributed by atoms with Gasteiger partial charge in [0.2, 0.25) is 0 Å². The summed E-state index contributed by atoms with van der Waals surface area (Å²) in [6, 6.07) is 13.2. The molecule has 0 aliphatic heterocycles. The van der Waals surface area contributed by atoms with Crippen LogP contribution in [0.2, 0.25) is 5.02 Å². The fourth-order valence-corrected chi connectivity index (χ4v) is 2.05. The summed E-state index contributed by atoms with van der Waals surface area (Å²) in [7, 11) is 0. The molecule has 76 valence electrons. The number of rotatable bonds is 2. The zero-order chi connectivity index (χ0) is 10.7. The summed E-state index contributed by atoms with van der Waals surface area (Å²) in [6.07, 6.45) is 0. The minimum Gasteiger partial charge on any atom is -0.384 e. The summed E-state index contributed by atoms with van der Waals surface area (Å²) >= 11 is 7.36. The molecule has 2 nitrogen and oxygen atoms in total. The molecule has 0 aliphatic rings. The molecule has 0 fully saturated rings. The van der Waals surface area contributed by atoms with Crippen LogP contribution in [0.25, 0.3) is 0 Å². The molecule has 0 amide bonds. The molecule has 0 aliphatic carbocycles. The van der Waals surface area contributed by atoms with Gasteiger partial charge in [-0.1, -0.05) is 29.4 Å². The zero-order valence-electron chi connectivity index (χ0n) is 7.85. The molecule has 1 heterocycles. The number of pyridine rings is 1.